The topological polar surface area (TPSA) is 79.4 Å². The first-order valence-corrected chi connectivity index (χ1v) is 11.7. The van der Waals surface area contributed by atoms with E-state index in [0.717, 1.165) is 33.5 Å². The summed E-state index contributed by atoms with van der Waals surface area (Å²) in [5, 5.41) is 5.13. The van der Waals surface area contributed by atoms with Crippen molar-refractivity contribution in [3.63, 3.8) is 0 Å². The molecule has 0 spiro atoms. The molecule has 1 saturated heterocycles. The van der Waals surface area contributed by atoms with E-state index in [2.05, 4.69) is 26.2 Å². The molecule has 1 amide bonds. The van der Waals surface area contributed by atoms with Crippen LogP contribution in [-0.2, 0) is 14.8 Å². The zero-order valence-electron chi connectivity index (χ0n) is 12.9. The number of halogens is 1. The van der Waals surface area contributed by atoms with Crippen LogP contribution in [0.25, 0.3) is 10.6 Å². The molecule has 0 saturated carbocycles. The summed E-state index contributed by atoms with van der Waals surface area (Å²) in [7, 11) is -3.40. The summed E-state index contributed by atoms with van der Waals surface area (Å²) in [6, 6.07) is 3.25. The molecule has 0 radical (unpaired) electrons. The van der Waals surface area contributed by atoms with Gasteiger partial charge in [0.05, 0.1) is 20.6 Å². The minimum absolute atomic E-state index is 0.312. The molecule has 0 aliphatic carbocycles. The lowest BCUT2D eigenvalue weighted by Gasteiger charge is -2.32. The third-order valence-corrected chi connectivity index (χ3v) is 7.44. The lowest BCUT2D eigenvalue weighted by Crippen LogP contribution is -2.49. The standard InChI is InChI=1S/C14H16BrN3O3S3/c1-24(20,21)18-7-3-2-4-10(18)13(19)17-14-16-9(8-22-14)11-5-6-12(15)23-11/h5-6,8,10H,2-4,7H2,1H3,(H,16,17,19). The number of thiophene rings is 1. The Morgan fingerprint density at radius 1 is 1.42 bits per heavy atom. The van der Waals surface area contributed by atoms with Crippen molar-refractivity contribution < 1.29 is 13.2 Å². The number of thiazole rings is 1. The average molecular weight is 450 g/mol. The molecule has 1 N–H and O–H groups in total. The summed E-state index contributed by atoms with van der Waals surface area (Å²) < 4.78 is 26.1. The average Bonchev–Trinajstić information content (AvgIpc) is 3.15. The quantitative estimate of drug-likeness (QED) is 0.775. The van der Waals surface area contributed by atoms with Gasteiger partial charge in [-0.05, 0) is 40.9 Å². The van der Waals surface area contributed by atoms with Gasteiger partial charge in [0.1, 0.15) is 6.04 Å². The molecule has 130 valence electrons. The number of rotatable bonds is 4. The first-order chi connectivity index (χ1) is 11.3. The molecule has 1 aliphatic heterocycles. The zero-order chi connectivity index (χ0) is 17.3. The number of aromatic nitrogens is 1. The van der Waals surface area contributed by atoms with Crippen molar-refractivity contribution in [2.45, 2.75) is 25.3 Å². The third-order valence-electron chi connectivity index (χ3n) is 3.74. The summed E-state index contributed by atoms with van der Waals surface area (Å²) in [6.45, 7) is 0.392. The smallest absolute Gasteiger partial charge is 0.244 e. The number of amides is 1. The predicted octanol–water partition coefficient (Wildman–Crippen LogP) is 3.39. The van der Waals surface area contributed by atoms with Gasteiger partial charge in [0.2, 0.25) is 15.9 Å². The number of sulfonamides is 1. The molecule has 3 rings (SSSR count). The summed E-state index contributed by atoms with van der Waals surface area (Å²) in [5.74, 6) is -0.312. The van der Waals surface area contributed by atoms with Crippen LogP contribution in [0.1, 0.15) is 19.3 Å². The van der Waals surface area contributed by atoms with Crippen LogP contribution in [0.5, 0.6) is 0 Å². The predicted molar refractivity (Wildman–Crippen MR) is 101 cm³/mol. The molecular formula is C14H16BrN3O3S3. The third kappa shape index (κ3) is 4.05. The number of nitrogens with one attached hydrogen (secondary N) is 1. The van der Waals surface area contributed by atoms with E-state index in [1.807, 2.05) is 17.5 Å². The molecule has 24 heavy (non-hydrogen) atoms. The molecule has 1 atom stereocenters. The fourth-order valence-electron chi connectivity index (χ4n) is 2.65. The monoisotopic (exact) mass is 449 g/mol. The highest BCUT2D eigenvalue weighted by Gasteiger charge is 2.34. The Morgan fingerprint density at radius 2 is 2.21 bits per heavy atom. The van der Waals surface area contributed by atoms with Gasteiger partial charge in [-0.25, -0.2) is 13.4 Å². The largest absolute Gasteiger partial charge is 0.301 e. The minimum atomic E-state index is -3.40. The van der Waals surface area contributed by atoms with E-state index in [4.69, 9.17) is 0 Å². The van der Waals surface area contributed by atoms with Gasteiger partial charge in [0.25, 0.3) is 0 Å². The van der Waals surface area contributed by atoms with Crippen LogP contribution in [0, 0.1) is 0 Å². The molecule has 2 aromatic rings. The maximum atomic E-state index is 12.5. The van der Waals surface area contributed by atoms with E-state index >= 15 is 0 Å². The number of nitrogens with zero attached hydrogens (tertiary/aromatic N) is 2. The number of carbonyl (C=O) groups is 1. The zero-order valence-corrected chi connectivity index (χ0v) is 16.9. The number of anilines is 1. The van der Waals surface area contributed by atoms with Crippen LogP contribution >= 0.6 is 38.6 Å². The Labute approximate surface area is 157 Å². The van der Waals surface area contributed by atoms with Gasteiger partial charge in [-0.3, -0.25) is 4.79 Å². The maximum absolute atomic E-state index is 12.5. The van der Waals surface area contributed by atoms with E-state index in [1.165, 1.54) is 15.6 Å². The number of carbonyl (C=O) groups excluding carboxylic acids is 1. The van der Waals surface area contributed by atoms with Crippen LogP contribution < -0.4 is 5.32 Å². The lowest BCUT2D eigenvalue weighted by molar-refractivity contribution is -0.120. The first-order valence-electron chi connectivity index (χ1n) is 7.33. The molecule has 10 heteroatoms. The van der Waals surface area contributed by atoms with Crippen molar-refractivity contribution >= 4 is 59.7 Å². The van der Waals surface area contributed by atoms with E-state index < -0.39 is 16.1 Å². The highest BCUT2D eigenvalue weighted by molar-refractivity contribution is 9.11. The van der Waals surface area contributed by atoms with E-state index in [9.17, 15) is 13.2 Å². The van der Waals surface area contributed by atoms with Gasteiger partial charge in [0, 0.05) is 11.9 Å². The molecule has 3 heterocycles. The van der Waals surface area contributed by atoms with Gasteiger partial charge in [-0.1, -0.05) is 6.42 Å². The second-order valence-corrected chi connectivity index (χ2v) is 10.8. The van der Waals surface area contributed by atoms with E-state index in [0.29, 0.717) is 18.1 Å². The summed E-state index contributed by atoms with van der Waals surface area (Å²) in [5.41, 5.74) is 0.801. The molecule has 2 aromatic heterocycles. The molecule has 0 aromatic carbocycles. The second-order valence-electron chi connectivity index (χ2n) is 5.52. The van der Waals surface area contributed by atoms with Gasteiger partial charge < -0.3 is 5.32 Å². The number of piperidine rings is 1. The second kappa shape index (κ2) is 7.20. The van der Waals surface area contributed by atoms with Gasteiger partial charge in [-0.2, -0.15) is 4.31 Å². The van der Waals surface area contributed by atoms with Crippen molar-refractivity contribution in [1.82, 2.24) is 9.29 Å². The fourth-order valence-corrected chi connectivity index (χ4v) is 5.91. The van der Waals surface area contributed by atoms with Crippen molar-refractivity contribution in [2.24, 2.45) is 0 Å². The highest BCUT2D eigenvalue weighted by Crippen LogP contribution is 2.33. The molecule has 1 aliphatic rings. The Morgan fingerprint density at radius 3 is 2.88 bits per heavy atom. The molecule has 1 fully saturated rings. The molecule has 1 unspecified atom stereocenters. The summed E-state index contributed by atoms with van der Waals surface area (Å²) in [6.07, 6.45) is 3.31. The Balaban J connectivity index is 1.73. The van der Waals surface area contributed by atoms with Crippen molar-refractivity contribution in [3.8, 4) is 10.6 Å². The maximum Gasteiger partial charge on any atom is 0.244 e. The summed E-state index contributed by atoms with van der Waals surface area (Å²) >= 11 is 6.32. The minimum Gasteiger partial charge on any atom is -0.301 e. The van der Waals surface area contributed by atoms with Crippen LogP contribution in [0.3, 0.4) is 0 Å². The van der Waals surface area contributed by atoms with Crippen molar-refractivity contribution in [2.75, 3.05) is 18.1 Å². The number of hydrogen-bond donors (Lipinski definition) is 1. The molecule has 6 nitrogen and oxygen atoms in total. The van der Waals surface area contributed by atoms with Crippen molar-refractivity contribution in [3.05, 3.63) is 21.3 Å². The van der Waals surface area contributed by atoms with Gasteiger partial charge in [-0.15, -0.1) is 22.7 Å². The Kier molecular flexibility index (Phi) is 5.40. The van der Waals surface area contributed by atoms with Crippen LogP contribution in [0.15, 0.2) is 21.3 Å². The Hall–Kier alpha value is -0.810. The van der Waals surface area contributed by atoms with Crippen LogP contribution in [-0.4, -0.2) is 42.5 Å². The van der Waals surface area contributed by atoms with Crippen LogP contribution in [0.4, 0.5) is 5.13 Å². The summed E-state index contributed by atoms with van der Waals surface area (Å²) in [4.78, 5) is 18.0. The fraction of sp³-hybridized carbons (Fsp3) is 0.429. The lowest BCUT2D eigenvalue weighted by atomic mass is 10.0. The van der Waals surface area contributed by atoms with Crippen molar-refractivity contribution in [1.29, 1.82) is 0 Å². The van der Waals surface area contributed by atoms with Crippen LogP contribution in [0.2, 0.25) is 0 Å². The SMILES string of the molecule is CS(=O)(=O)N1CCCCC1C(=O)Nc1nc(-c2ccc(Br)s2)cs1. The Bertz CT molecular complexity index is 846. The normalized spacial score (nSPS) is 19.3. The molecule has 0 bridgehead atoms. The molecular weight excluding hydrogens is 434 g/mol. The van der Waals surface area contributed by atoms with E-state index in [-0.39, 0.29) is 5.91 Å². The highest BCUT2D eigenvalue weighted by atomic mass is 79.9. The van der Waals surface area contributed by atoms with Gasteiger partial charge in [0.15, 0.2) is 5.13 Å². The number of hydrogen-bond acceptors (Lipinski definition) is 6. The first kappa shape index (κ1) is 18.0. The van der Waals surface area contributed by atoms with Gasteiger partial charge >= 0.3 is 0 Å². The van der Waals surface area contributed by atoms with E-state index in [1.54, 1.807) is 11.3 Å².